The van der Waals surface area contributed by atoms with E-state index >= 15 is 0 Å². The van der Waals surface area contributed by atoms with Gasteiger partial charge in [0.25, 0.3) is 5.56 Å². The second kappa shape index (κ2) is 7.92. The van der Waals surface area contributed by atoms with Gasteiger partial charge in [-0.25, -0.2) is 0 Å². The Bertz CT molecular complexity index is 1160. The molecule has 3 aromatic rings. The third-order valence-corrected chi connectivity index (χ3v) is 5.89. The smallest absolute Gasteiger partial charge is 0.418 e. The van der Waals surface area contributed by atoms with E-state index in [1.54, 1.807) is 61.8 Å². The second-order valence-corrected chi connectivity index (χ2v) is 7.96. The van der Waals surface area contributed by atoms with Crippen LogP contribution >= 0.6 is 0 Å². The third-order valence-electron chi connectivity index (χ3n) is 5.89. The zero-order valence-electron chi connectivity index (χ0n) is 16.9. The molecule has 0 fully saturated rings. The number of nitrogens with zero attached hydrogens (tertiary/aromatic N) is 1. The van der Waals surface area contributed by atoms with Gasteiger partial charge in [-0.3, -0.25) is 4.79 Å². The average molecular weight is 432 g/mol. The minimum atomic E-state index is -4.84. The van der Waals surface area contributed by atoms with E-state index in [0.717, 1.165) is 0 Å². The molecule has 0 spiro atoms. The first-order valence-electron chi connectivity index (χ1n) is 10.0. The van der Waals surface area contributed by atoms with E-state index in [-0.39, 0.29) is 5.56 Å². The first-order chi connectivity index (χ1) is 14.7. The maximum Gasteiger partial charge on any atom is 0.418 e. The molecule has 31 heavy (non-hydrogen) atoms. The lowest BCUT2D eigenvalue weighted by atomic mass is 9.82. The van der Waals surface area contributed by atoms with Gasteiger partial charge in [-0.2, -0.15) is 13.2 Å². The van der Waals surface area contributed by atoms with Crippen molar-refractivity contribution in [3.05, 3.63) is 70.6 Å². The highest BCUT2D eigenvalue weighted by molar-refractivity contribution is 5.93. The Morgan fingerprint density at radius 3 is 2.68 bits per heavy atom. The number of aromatic nitrogens is 1. The summed E-state index contributed by atoms with van der Waals surface area (Å²) in [6.45, 7) is -0.431. The first kappa shape index (κ1) is 21.2. The Labute approximate surface area is 177 Å². The molecule has 0 saturated carbocycles. The summed E-state index contributed by atoms with van der Waals surface area (Å²) < 4.78 is 48.9. The van der Waals surface area contributed by atoms with Crippen molar-refractivity contribution in [1.29, 1.82) is 0 Å². The van der Waals surface area contributed by atoms with Crippen molar-refractivity contribution in [2.75, 3.05) is 18.5 Å². The number of hydrogen-bond acceptors (Lipinski definition) is 4. The fourth-order valence-corrected chi connectivity index (χ4v) is 4.09. The largest absolute Gasteiger partial charge is 0.493 e. The fourth-order valence-electron chi connectivity index (χ4n) is 4.09. The van der Waals surface area contributed by atoms with Crippen LogP contribution < -0.4 is 15.6 Å². The monoisotopic (exact) mass is 432 g/mol. The summed E-state index contributed by atoms with van der Waals surface area (Å²) in [5.74, 6) is 0.0688. The highest BCUT2D eigenvalue weighted by Crippen LogP contribution is 2.43. The molecule has 2 N–H and O–H groups in total. The van der Waals surface area contributed by atoms with Crippen LogP contribution in [0.5, 0.6) is 5.75 Å². The van der Waals surface area contributed by atoms with Crippen LogP contribution in [-0.2, 0) is 7.05 Å². The Hall–Kier alpha value is -3.00. The molecule has 0 amide bonds. The van der Waals surface area contributed by atoms with Crippen LogP contribution in [0.25, 0.3) is 10.8 Å². The summed E-state index contributed by atoms with van der Waals surface area (Å²) in [5, 5.41) is 14.4. The van der Waals surface area contributed by atoms with Crippen LogP contribution in [0.2, 0.25) is 0 Å². The molecule has 4 rings (SSSR count). The number of fused-ring (bicyclic) bond motifs is 2. The zero-order valence-corrected chi connectivity index (χ0v) is 16.9. The molecular weight excluding hydrogens is 409 g/mol. The molecule has 0 bridgehead atoms. The van der Waals surface area contributed by atoms with Gasteiger partial charge in [0.1, 0.15) is 5.75 Å². The normalized spacial score (nSPS) is 18.2. The van der Waals surface area contributed by atoms with Gasteiger partial charge in [0.2, 0.25) is 0 Å². The molecular formula is C23H23F3N2O3. The zero-order chi connectivity index (χ0) is 22.2. The van der Waals surface area contributed by atoms with Crippen molar-refractivity contribution < 1.29 is 23.0 Å². The number of aryl methyl sites for hydroxylation is 1. The molecule has 1 aromatic heterocycles. The number of pyridine rings is 1. The number of benzene rings is 2. The number of para-hydroxylation sites is 1. The standard InChI is InChI=1S/C23H23F3N2O3/c1-28-11-9-17-18(21(28)29)6-4-7-19(17)27-14-22(30,23(24,25)26)13-15-10-12-31-20-8-3-2-5-16(15)20/h2-9,11,15,27,30H,10,12-14H2,1H3. The van der Waals surface area contributed by atoms with E-state index in [1.165, 1.54) is 4.57 Å². The van der Waals surface area contributed by atoms with Crippen molar-refractivity contribution in [2.24, 2.45) is 7.05 Å². The Morgan fingerprint density at radius 1 is 1.13 bits per heavy atom. The summed E-state index contributed by atoms with van der Waals surface area (Å²) in [5.41, 5.74) is -2.16. The molecule has 0 aliphatic carbocycles. The molecule has 2 atom stereocenters. The quantitative estimate of drug-likeness (QED) is 0.634. The van der Waals surface area contributed by atoms with E-state index in [0.29, 0.717) is 40.8 Å². The van der Waals surface area contributed by atoms with Crippen LogP contribution in [-0.4, -0.2) is 34.6 Å². The van der Waals surface area contributed by atoms with E-state index < -0.39 is 30.7 Å². The predicted octanol–water partition coefficient (Wildman–Crippen LogP) is 4.20. The van der Waals surface area contributed by atoms with Gasteiger partial charge < -0.3 is 19.7 Å². The number of aliphatic hydroxyl groups is 1. The molecule has 164 valence electrons. The second-order valence-electron chi connectivity index (χ2n) is 7.96. The minimum Gasteiger partial charge on any atom is -0.493 e. The van der Waals surface area contributed by atoms with Crippen molar-refractivity contribution in [3.8, 4) is 5.75 Å². The number of ether oxygens (including phenoxy) is 1. The Kier molecular flexibility index (Phi) is 5.43. The topological polar surface area (TPSA) is 63.5 Å². The lowest BCUT2D eigenvalue weighted by Gasteiger charge is -2.36. The SMILES string of the molecule is Cn1ccc2c(NCC(O)(CC3CCOc4ccccc43)C(F)(F)F)cccc2c1=O. The minimum absolute atomic E-state index is 0.244. The summed E-state index contributed by atoms with van der Waals surface area (Å²) >= 11 is 0. The third kappa shape index (κ3) is 3.99. The molecule has 2 unspecified atom stereocenters. The molecule has 0 radical (unpaired) electrons. The van der Waals surface area contributed by atoms with E-state index in [9.17, 15) is 23.1 Å². The number of halogens is 3. The molecule has 0 saturated heterocycles. The summed E-state index contributed by atoms with van der Waals surface area (Å²) in [4.78, 5) is 12.3. The van der Waals surface area contributed by atoms with Gasteiger partial charge in [-0.15, -0.1) is 0 Å². The van der Waals surface area contributed by atoms with Crippen molar-refractivity contribution >= 4 is 16.5 Å². The lowest BCUT2D eigenvalue weighted by Crippen LogP contribution is -2.51. The average Bonchev–Trinajstić information content (AvgIpc) is 2.74. The fraction of sp³-hybridized carbons (Fsp3) is 0.348. The summed E-state index contributed by atoms with van der Waals surface area (Å²) in [7, 11) is 1.61. The number of rotatable bonds is 5. The van der Waals surface area contributed by atoms with Crippen LogP contribution in [0.1, 0.15) is 24.3 Å². The van der Waals surface area contributed by atoms with Crippen LogP contribution in [0.4, 0.5) is 18.9 Å². The molecule has 5 nitrogen and oxygen atoms in total. The number of anilines is 1. The highest BCUT2D eigenvalue weighted by atomic mass is 19.4. The Morgan fingerprint density at radius 2 is 1.90 bits per heavy atom. The van der Waals surface area contributed by atoms with Crippen LogP contribution in [0.3, 0.4) is 0 Å². The summed E-state index contributed by atoms with van der Waals surface area (Å²) in [6.07, 6.45) is -3.38. The number of alkyl halides is 3. The van der Waals surface area contributed by atoms with Gasteiger partial charge in [0, 0.05) is 29.7 Å². The summed E-state index contributed by atoms with van der Waals surface area (Å²) in [6, 6.07) is 13.5. The number of hydrogen-bond donors (Lipinski definition) is 2. The van der Waals surface area contributed by atoms with Gasteiger partial charge in [-0.1, -0.05) is 24.3 Å². The van der Waals surface area contributed by atoms with Gasteiger partial charge in [-0.05, 0) is 48.6 Å². The predicted molar refractivity (Wildman–Crippen MR) is 113 cm³/mol. The van der Waals surface area contributed by atoms with Gasteiger partial charge in [0.15, 0.2) is 5.60 Å². The van der Waals surface area contributed by atoms with Crippen molar-refractivity contribution in [2.45, 2.75) is 30.5 Å². The van der Waals surface area contributed by atoms with Crippen molar-refractivity contribution in [3.63, 3.8) is 0 Å². The van der Waals surface area contributed by atoms with E-state index in [2.05, 4.69) is 5.32 Å². The van der Waals surface area contributed by atoms with Crippen molar-refractivity contribution in [1.82, 2.24) is 4.57 Å². The molecule has 8 heteroatoms. The molecule has 2 aromatic carbocycles. The molecule has 1 aliphatic heterocycles. The van der Waals surface area contributed by atoms with Gasteiger partial charge >= 0.3 is 6.18 Å². The number of nitrogens with one attached hydrogen (secondary N) is 1. The maximum absolute atomic E-state index is 14.0. The van der Waals surface area contributed by atoms with Gasteiger partial charge in [0.05, 0.1) is 13.2 Å². The van der Waals surface area contributed by atoms with E-state index in [4.69, 9.17) is 4.74 Å². The van der Waals surface area contributed by atoms with Crippen LogP contribution in [0, 0.1) is 0 Å². The molecule has 1 aliphatic rings. The lowest BCUT2D eigenvalue weighted by molar-refractivity contribution is -0.258. The Balaban J connectivity index is 1.63. The van der Waals surface area contributed by atoms with Crippen LogP contribution in [0.15, 0.2) is 59.5 Å². The molecule has 2 heterocycles. The maximum atomic E-state index is 14.0. The van der Waals surface area contributed by atoms with E-state index in [1.807, 2.05) is 0 Å². The highest BCUT2D eigenvalue weighted by Gasteiger charge is 2.54. The first-order valence-corrected chi connectivity index (χ1v) is 10.0.